The zero-order valence-electron chi connectivity index (χ0n) is 13.5. The number of hydrogen-bond donors (Lipinski definition) is 1. The molecule has 2 aliphatic carbocycles. The van der Waals surface area contributed by atoms with Crippen molar-refractivity contribution >= 4 is 5.97 Å². The maximum Gasteiger partial charge on any atom is 0.312 e. The zero-order chi connectivity index (χ0) is 15.5. The van der Waals surface area contributed by atoms with Crippen LogP contribution in [0.4, 0.5) is 0 Å². The summed E-state index contributed by atoms with van der Waals surface area (Å²) < 4.78 is 12.3. The Hall–Kier alpha value is -0.650. The lowest BCUT2D eigenvalue weighted by molar-refractivity contribution is -0.283. The lowest BCUT2D eigenvalue weighted by Crippen LogP contribution is -2.73. The van der Waals surface area contributed by atoms with Crippen molar-refractivity contribution in [1.29, 1.82) is 0 Å². The molecule has 5 fully saturated rings. The van der Waals surface area contributed by atoms with Gasteiger partial charge in [-0.25, -0.2) is 0 Å². The Morgan fingerprint density at radius 1 is 1.41 bits per heavy atom. The first-order valence-corrected chi connectivity index (χ1v) is 8.70. The summed E-state index contributed by atoms with van der Waals surface area (Å²) >= 11 is 0. The van der Waals surface area contributed by atoms with Gasteiger partial charge in [-0.2, -0.15) is 0 Å². The molecule has 0 aromatic rings. The lowest BCUT2D eigenvalue weighted by atomic mass is 9.51. The van der Waals surface area contributed by atoms with E-state index < -0.39 is 16.7 Å². The molecule has 2 saturated carbocycles. The zero-order valence-corrected chi connectivity index (χ0v) is 13.5. The van der Waals surface area contributed by atoms with Gasteiger partial charge < -0.3 is 14.6 Å². The van der Waals surface area contributed by atoms with Crippen LogP contribution in [0.3, 0.4) is 0 Å². The number of carbonyl (C=O) groups is 1. The van der Waals surface area contributed by atoms with Crippen LogP contribution in [0.25, 0.3) is 0 Å². The Bertz CT molecular complexity index is 565. The van der Waals surface area contributed by atoms with Gasteiger partial charge in [-0.05, 0) is 24.7 Å². The van der Waals surface area contributed by atoms with Crippen LogP contribution < -0.4 is 0 Å². The van der Waals surface area contributed by atoms with E-state index in [0.29, 0.717) is 18.9 Å². The number of carbonyl (C=O) groups excluding carboxylic acids is 1. The van der Waals surface area contributed by atoms with Crippen molar-refractivity contribution in [3.05, 3.63) is 0 Å². The minimum Gasteiger partial charge on any atom is -0.457 e. The van der Waals surface area contributed by atoms with Crippen LogP contribution in [0, 0.1) is 29.1 Å². The fourth-order valence-electron chi connectivity index (χ4n) is 6.95. The second kappa shape index (κ2) is 3.70. The summed E-state index contributed by atoms with van der Waals surface area (Å²) in [6, 6.07) is 0. The molecule has 3 heterocycles. The Labute approximate surface area is 130 Å². The van der Waals surface area contributed by atoms with Gasteiger partial charge >= 0.3 is 5.97 Å². The van der Waals surface area contributed by atoms with E-state index in [1.807, 2.05) is 0 Å². The molecule has 1 spiro atoms. The highest BCUT2D eigenvalue weighted by Gasteiger charge is 2.86. The molecular formula is C17H25NO4. The topological polar surface area (TPSA) is 59.0 Å². The number of rotatable bonds is 1. The first-order chi connectivity index (χ1) is 10.4. The Balaban J connectivity index is 1.80. The smallest absolute Gasteiger partial charge is 0.312 e. The average molecular weight is 307 g/mol. The summed E-state index contributed by atoms with van der Waals surface area (Å²) in [5, 5.41) is 11.8. The predicted molar refractivity (Wildman–Crippen MR) is 77.7 cm³/mol. The number of ether oxygens (including phenoxy) is 2. The highest BCUT2D eigenvalue weighted by Crippen LogP contribution is 2.73. The van der Waals surface area contributed by atoms with E-state index in [1.54, 1.807) is 0 Å². The van der Waals surface area contributed by atoms with Gasteiger partial charge in [0, 0.05) is 24.4 Å². The van der Waals surface area contributed by atoms with Gasteiger partial charge in [0.2, 0.25) is 0 Å². The highest BCUT2D eigenvalue weighted by atomic mass is 16.6. The van der Waals surface area contributed by atoms with E-state index in [2.05, 4.69) is 25.7 Å². The van der Waals surface area contributed by atoms with E-state index in [9.17, 15) is 9.90 Å². The molecule has 0 aromatic heterocycles. The van der Waals surface area contributed by atoms with E-state index in [-0.39, 0.29) is 29.8 Å². The predicted octanol–water partition coefficient (Wildman–Crippen LogP) is 1.00. The van der Waals surface area contributed by atoms with Crippen LogP contribution in [0.15, 0.2) is 0 Å². The fourth-order valence-corrected chi connectivity index (χ4v) is 6.95. The van der Waals surface area contributed by atoms with Gasteiger partial charge in [0.25, 0.3) is 0 Å². The third-order valence-corrected chi connectivity index (χ3v) is 7.83. The normalized spacial score (nSPS) is 59.0. The molecule has 122 valence electrons. The van der Waals surface area contributed by atoms with E-state index in [1.165, 1.54) is 0 Å². The molecule has 5 heteroatoms. The molecule has 3 saturated heterocycles. The maximum absolute atomic E-state index is 12.7. The SMILES string of the molecule is CC(C)[C@H]1[C@H]2OC(=O)[C@@H]1[C@]1(O)CC[C@H]3CN4CCO[C@]24[C@]31C. The van der Waals surface area contributed by atoms with Crippen molar-refractivity contribution in [3.63, 3.8) is 0 Å². The van der Waals surface area contributed by atoms with Crippen molar-refractivity contribution < 1.29 is 19.4 Å². The summed E-state index contributed by atoms with van der Waals surface area (Å²) in [6.07, 6.45) is 1.44. The van der Waals surface area contributed by atoms with Gasteiger partial charge in [-0.3, -0.25) is 9.69 Å². The molecule has 0 radical (unpaired) electrons. The van der Waals surface area contributed by atoms with E-state index in [4.69, 9.17) is 9.47 Å². The molecule has 5 rings (SSSR count). The molecule has 0 aromatic carbocycles. The van der Waals surface area contributed by atoms with Gasteiger partial charge in [-0.15, -0.1) is 0 Å². The average Bonchev–Trinajstić information content (AvgIpc) is 3.11. The van der Waals surface area contributed by atoms with Crippen LogP contribution in [0.5, 0.6) is 0 Å². The molecule has 1 N–H and O–H groups in total. The van der Waals surface area contributed by atoms with Crippen molar-refractivity contribution in [2.24, 2.45) is 29.1 Å². The standard InChI is InChI=1S/C17H25NO4/c1-9(2)11-12-14(19)22-13(11)17-15(3)10(4-5-16(12,15)20)8-18(17)6-7-21-17/h9-13,20H,4-8H2,1-3H3/t10-,11+,12+,13+,15+,16+,17-/m0/s1. The second-order valence-corrected chi connectivity index (χ2v) is 8.51. The number of aliphatic hydroxyl groups is 1. The minimum absolute atomic E-state index is 0.0445. The Morgan fingerprint density at radius 2 is 2.18 bits per heavy atom. The van der Waals surface area contributed by atoms with Crippen LogP contribution in [-0.4, -0.2) is 53.1 Å². The summed E-state index contributed by atoms with van der Waals surface area (Å²) in [5.41, 5.74) is -2.00. The molecule has 22 heavy (non-hydrogen) atoms. The largest absolute Gasteiger partial charge is 0.457 e. The lowest BCUT2D eigenvalue weighted by Gasteiger charge is -2.58. The maximum atomic E-state index is 12.7. The van der Waals surface area contributed by atoms with Crippen molar-refractivity contribution in [3.8, 4) is 0 Å². The van der Waals surface area contributed by atoms with Crippen LogP contribution >= 0.6 is 0 Å². The van der Waals surface area contributed by atoms with Crippen LogP contribution in [0.1, 0.15) is 33.6 Å². The quantitative estimate of drug-likeness (QED) is 0.733. The highest BCUT2D eigenvalue weighted by molar-refractivity contribution is 5.79. The first-order valence-electron chi connectivity index (χ1n) is 8.70. The van der Waals surface area contributed by atoms with Gasteiger partial charge in [0.15, 0.2) is 5.72 Å². The van der Waals surface area contributed by atoms with Crippen molar-refractivity contribution in [2.45, 2.75) is 51.0 Å². The third kappa shape index (κ3) is 1.06. The van der Waals surface area contributed by atoms with Crippen molar-refractivity contribution in [1.82, 2.24) is 4.90 Å². The summed E-state index contributed by atoms with van der Waals surface area (Å²) in [7, 11) is 0. The fraction of sp³-hybridized carbons (Fsp3) is 0.941. The monoisotopic (exact) mass is 307 g/mol. The molecular weight excluding hydrogens is 282 g/mol. The summed E-state index contributed by atoms with van der Waals surface area (Å²) in [6.45, 7) is 8.94. The molecule has 3 aliphatic heterocycles. The number of hydrogen-bond acceptors (Lipinski definition) is 5. The minimum atomic E-state index is -0.990. The molecule has 5 aliphatic rings. The molecule has 2 bridgehead atoms. The van der Waals surface area contributed by atoms with E-state index >= 15 is 0 Å². The summed E-state index contributed by atoms with van der Waals surface area (Å²) in [4.78, 5) is 15.0. The first kappa shape index (κ1) is 13.8. The second-order valence-electron chi connectivity index (χ2n) is 8.51. The summed E-state index contributed by atoms with van der Waals surface area (Å²) in [5.74, 6) is 0.137. The Kier molecular flexibility index (Phi) is 2.32. The van der Waals surface area contributed by atoms with Crippen LogP contribution in [-0.2, 0) is 14.3 Å². The van der Waals surface area contributed by atoms with Crippen LogP contribution in [0.2, 0.25) is 0 Å². The molecule has 0 unspecified atom stereocenters. The number of nitrogens with zero attached hydrogens (tertiary/aromatic N) is 1. The van der Waals surface area contributed by atoms with Gasteiger partial charge in [-0.1, -0.05) is 20.8 Å². The molecule has 0 amide bonds. The van der Waals surface area contributed by atoms with Gasteiger partial charge in [0.1, 0.15) is 6.10 Å². The van der Waals surface area contributed by atoms with E-state index in [0.717, 1.165) is 19.5 Å². The Morgan fingerprint density at radius 3 is 2.91 bits per heavy atom. The number of fused-ring (bicyclic) bond motifs is 3. The molecule has 5 nitrogen and oxygen atoms in total. The van der Waals surface area contributed by atoms with Gasteiger partial charge in [0.05, 0.1) is 18.1 Å². The third-order valence-electron chi connectivity index (χ3n) is 7.83. The number of esters is 1. The van der Waals surface area contributed by atoms with Crippen molar-refractivity contribution in [2.75, 3.05) is 19.7 Å². The molecule has 7 atom stereocenters.